The van der Waals surface area contributed by atoms with Crippen molar-refractivity contribution in [2.45, 2.75) is 19.5 Å². The Kier molecular flexibility index (Phi) is 4.87. The third kappa shape index (κ3) is 4.09. The standard InChI is InChI=1S/C17H20N6O2/c1-22(9-13-7-20-17(18)21-8-13)16(25)14-6-15(24)23(11-14)10-12-2-4-19-5-3-12/h2-5,7-8,14H,6,9-11H2,1H3,(H2,18,20,21). The third-order valence-electron chi connectivity index (χ3n) is 4.21. The molecule has 0 bridgehead atoms. The molecule has 0 aromatic carbocycles. The first kappa shape index (κ1) is 16.8. The van der Waals surface area contributed by atoms with E-state index >= 15 is 0 Å². The summed E-state index contributed by atoms with van der Waals surface area (Å²) in [7, 11) is 1.72. The second kappa shape index (κ2) is 7.25. The first-order valence-electron chi connectivity index (χ1n) is 8.01. The Bertz CT molecular complexity index is 749. The highest BCUT2D eigenvalue weighted by atomic mass is 16.2. The zero-order chi connectivity index (χ0) is 17.8. The topological polar surface area (TPSA) is 105 Å². The molecule has 0 spiro atoms. The van der Waals surface area contributed by atoms with Crippen LogP contribution in [0.4, 0.5) is 5.95 Å². The molecule has 2 amide bonds. The van der Waals surface area contributed by atoms with Crippen molar-refractivity contribution in [3.8, 4) is 0 Å². The summed E-state index contributed by atoms with van der Waals surface area (Å²) in [5.74, 6) is -0.179. The van der Waals surface area contributed by atoms with E-state index in [-0.39, 0.29) is 30.1 Å². The molecule has 3 rings (SSSR count). The highest BCUT2D eigenvalue weighted by molar-refractivity contribution is 5.89. The molecule has 0 aliphatic carbocycles. The molecule has 2 N–H and O–H groups in total. The molecule has 8 nitrogen and oxygen atoms in total. The van der Waals surface area contributed by atoms with Crippen LogP contribution in [0, 0.1) is 5.92 Å². The Morgan fingerprint density at radius 3 is 2.64 bits per heavy atom. The Morgan fingerprint density at radius 2 is 1.96 bits per heavy atom. The van der Waals surface area contributed by atoms with Crippen LogP contribution in [0.3, 0.4) is 0 Å². The first-order chi connectivity index (χ1) is 12.0. The summed E-state index contributed by atoms with van der Waals surface area (Å²) >= 11 is 0. The van der Waals surface area contributed by atoms with Crippen molar-refractivity contribution in [1.82, 2.24) is 24.8 Å². The van der Waals surface area contributed by atoms with Gasteiger partial charge in [0.2, 0.25) is 17.8 Å². The third-order valence-corrected chi connectivity index (χ3v) is 4.21. The molecule has 2 aromatic heterocycles. The molecule has 1 aliphatic rings. The molecule has 1 fully saturated rings. The van der Waals surface area contributed by atoms with E-state index < -0.39 is 0 Å². The normalized spacial score (nSPS) is 16.9. The maximum absolute atomic E-state index is 12.6. The number of carbonyl (C=O) groups is 2. The molecule has 8 heteroatoms. The molecule has 1 unspecified atom stereocenters. The number of nitrogens with zero attached hydrogens (tertiary/aromatic N) is 5. The van der Waals surface area contributed by atoms with E-state index in [2.05, 4.69) is 15.0 Å². The molecule has 0 saturated carbocycles. The zero-order valence-electron chi connectivity index (χ0n) is 14.0. The van der Waals surface area contributed by atoms with Crippen LogP contribution in [0.1, 0.15) is 17.5 Å². The number of nitrogen functional groups attached to an aromatic ring is 1. The maximum Gasteiger partial charge on any atom is 0.228 e. The smallest absolute Gasteiger partial charge is 0.228 e. The van der Waals surface area contributed by atoms with E-state index in [1.807, 2.05) is 12.1 Å². The summed E-state index contributed by atoms with van der Waals surface area (Å²) in [6, 6.07) is 3.74. The van der Waals surface area contributed by atoms with Gasteiger partial charge in [-0.05, 0) is 17.7 Å². The van der Waals surface area contributed by atoms with Gasteiger partial charge < -0.3 is 15.5 Å². The minimum atomic E-state index is -0.325. The number of aromatic nitrogens is 3. The Morgan fingerprint density at radius 1 is 1.28 bits per heavy atom. The molecular formula is C17H20N6O2. The van der Waals surface area contributed by atoms with E-state index in [4.69, 9.17) is 5.73 Å². The molecule has 1 atom stereocenters. The van der Waals surface area contributed by atoms with Gasteiger partial charge in [-0.3, -0.25) is 14.6 Å². The summed E-state index contributed by atoms with van der Waals surface area (Å²) in [4.78, 5) is 40.0. The molecule has 1 aliphatic heterocycles. The van der Waals surface area contributed by atoms with Crippen LogP contribution in [0.15, 0.2) is 36.9 Å². The second-order valence-electron chi connectivity index (χ2n) is 6.17. The quantitative estimate of drug-likeness (QED) is 0.848. The van der Waals surface area contributed by atoms with E-state index in [1.54, 1.807) is 41.6 Å². The number of carbonyl (C=O) groups excluding carboxylic acids is 2. The van der Waals surface area contributed by atoms with Gasteiger partial charge in [-0.25, -0.2) is 9.97 Å². The minimum absolute atomic E-state index is 0.000574. The van der Waals surface area contributed by atoms with Crippen LogP contribution < -0.4 is 5.73 Å². The Labute approximate surface area is 145 Å². The predicted octanol–water partition coefficient (Wildman–Crippen LogP) is 0.461. The second-order valence-corrected chi connectivity index (χ2v) is 6.17. The SMILES string of the molecule is CN(Cc1cnc(N)nc1)C(=O)C1CC(=O)N(Cc2ccncc2)C1. The number of anilines is 1. The van der Waals surface area contributed by atoms with Gasteiger partial charge in [0, 0.05) is 63.5 Å². The van der Waals surface area contributed by atoms with Gasteiger partial charge in [0.15, 0.2) is 0 Å². The Hall–Kier alpha value is -3.03. The van der Waals surface area contributed by atoms with Crippen molar-refractivity contribution < 1.29 is 9.59 Å². The van der Waals surface area contributed by atoms with E-state index in [1.165, 1.54) is 0 Å². The minimum Gasteiger partial charge on any atom is -0.368 e. The molecule has 2 aromatic rings. The van der Waals surface area contributed by atoms with Crippen LogP contribution >= 0.6 is 0 Å². The van der Waals surface area contributed by atoms with Crippen LogP contribution in [-0.2, 0) is 22.7 Å². The summed E-state index contributed by atoms with van der Waals surface area (Å²) in [5.41, 5.74) is 7.26. The van der Waals surface area contributed by atoms with Gasteiger partial charge in [0.05, 0.1) is 5.92 Å². The first-order valence-corrected chi connectivity index (χ1v) is 8.01. The van der Waals surface area contributed by atoms with Gasteiger partial charge >= 0.3 is 0 Å². The lowest BCUT2D eigenvalue weighted by molar-refractivity contribution is -0.135. The van der Waals surface area contributed by atoms with Crippen molar-refractivity contribution in [3.05, 3.63) is 48.0 Å². The number of pyridine rings is 1. The summed E-state index contributed by atoms with van der Waals surface area (Å²) in [5, 5.41) is 0. The average Bonchev–Trinajstić information content (AvgIpc) is 2.98. The lowest BCUT2D eigenvalue weighted by Gasteiger charge is -2.21. The Balaban J connectivity index is 1.59. The fraction of sp³-hybridized carbons (Fsp3) is 0.353. The largest absolute Gasteiger partial charge is 0.368 e. The molecule has 0 radical (unpaired) electrons. The summed E-state index contributed by atoms with van der Waals surface area (Å²) in [6.07, 6.45) is 6.83. The number of hydrogen-bond donors (Lipinski definition) is 1. The van der Waals surface area contributed by atoms with Crippen molar-refractivity contribution in [3.63, 3.8) is 0 Å². The van der Waals surface area contributed by atoms with Crippen molar-refractivity contribution >= 4 is 17.8 Å². The van der Waals surface area contributed by atoms with Gasteiger partial charge in [-0.2, -0.15) is 0 Å². The number of amides is 2. The lowest BCUT2D eigenvalue weighted by atomic mass is 10.1. The predicted molar refractivity (Wildman–Crippen MR) is 90.7 cm³/mol. The molecule has 1 saturated heterocycles. The van der Waals surface area contributed by atoms with Gasteiger partial charge in [-0.15, -0.1) is 0 Å². The highest BCUT2D eigenvalue weighted by Gasteiger charge is 2.35. The van der Waals surface area contributed by atoms with Crippen molar-refractivity contribution in [1.29, 1.82) is 0 Å². The van der Waals surface area contributed by atoms with E-state index in [0.29, 0.717) is 19.6 Å². The highest BCUT2D eigenvalue weighted by Crippen LogP contribution is 2.22. The number of nitrogens with two attached hydrogens (primary N) is 1. The zero-order valence-corrected chi connectivity index (χ0v) is 14.0. The average molecular weight is 340 g/mol. The van der Waals surface area contributed by atoms with Crippen molar-refractivity contribution in [2.24, 2.45) is 5.92 Å². The van der Waals surface area contributed by atoms with Crippen LogP contribution in [0.25, 0.3) is 0 Å². The monoisotopic (exact) mass is 340 g/mol. The molecule has 130 valence electrons. The van der Waals surface area contributed by atoms with Crippen LogP contribution in [-0.4, -0.2) is 50.2 Å². The van der Waals surface area contributed by atoms with E-state index in [9.17, 15) is 9.59 Å². The van der Waals surface area contributed by atoms with Crippen molar-refractivity contribution in [2.75, 3.05) is 19.3 Å². The number of hydrogen-bond acceptors (Lipinski definition) is 6. The molecule has 25 heavy (non-hydrogen) atoms. The summed E-state index contributed by atoms with van der Waals surface area (Å²) < 4.78 is 0. The molecule has 3 heterocycles. The fourth-order valence-electron chi connectivity index (χ4n) is 2.91. The lowest BCUT2D eigenvalue weighted by Crippen LogP contribution is -2.34. The maximum atomic E-state index is 12.6. The van der Waals surface area contributed by atoms with E-state index in [0.717, 1.165) is 11.1 Å². The van der Waals surface area contributed by atoms with Gasteiger partial charge in [0.25, 0.3) is 0 Å². The van der Waals surface area contributed by atoms with Gasteiger partial charge in [0.1, 0.15) is 0 Å². The molecular weight excluding hydrogens is 320 g/mol. The van der Waals surface area contributed by atoms with Crippen LogP contribution in [0.5, 0.6) is 0 Å². The summed E-state index contributed by atoms with van der Waals surface area (Å²) in [6.45, 7) is 1.32. The number of likely N-dealkylation sites (tertiary alicyclic amines) is 1. The fourth-order valence-corrected chi connectivity index (χ4v) is 2.91. The number of rotatable bonds is 5. The van der Waals surface area contributed by atoms with Gasteiger partial charge in [-0.1, -0.05) is 0 Å². The van der Waals surface area contributed by atoms with Crippen LogP contribution in [0.2, 0.25) is 0 Å².